The van der Waals surface area contributed by atoms with Gasteiger partial charge in [-0.2, -0.15) is 0 Å². The van der Waals surface area contributed by atoms with E-state index in [1.807, 2.05) is 34.6 Å². The van der Waals surface area contributed by atoms with Gasteiger partial charge in [0, 0.05) is 18.0 Å². The number of hydrogen-bond donors (Lipinski definition) is 1. The van der Waals surface area contributed by atoms with E-state index < -0.39 is 6.10 Å². The van der Waals surface area contributed by atoms with Crippen LogP contribution in [-0.2, 0) is 4.74 Å². The second-order valence-corrected chi connectivity index (χ2v) is 5.26. The molecule has 0 fully saturated rings. The smallest absolute Gasteiger partial charge is 0.415 e. The number of aliphatic hydroxyl groups is 1. The molecule has 19 heavy (non-hydrogen) atoms. The summed E-state index contributed by atoms with van der Waals surface area (Å²) in [7, 11) is 0. The fraction of sp³-hybridized carbons (Fsp3) is 0.667. The lowest BCUT2D eigenvalue weighted by molar-refractivity contribution is 0.107. The first kappa shape index (κ1) is 17.7. The molecule has 0 radical (unpaired) electrons. The highest BCUT2D eigenvalue weighted by molar-refractivity contribution is 5.68. The van der Waals surface area contributed by atoms with Crippen LogP contribution in [0.15, 0.2) is 25.0 Å². The van der Waals surface area contributed by atoms with Gasteiger partial charge in [-0.3, -0.25) is 0 Å². The van der Waals surface area contributed by atoms with Gasteiger partial charge >= 0.3 is 6.09 Å². The first-order valence-corrected chi connectivity index (χ1v) is 6.75. The molecular weight excluding hydrogens is 242 g/mol. The van der Waals surface area contributed by atoms with Gasteiger partial charge in [0.1, 0.15) is 0 Å². The Bertz CT molecular complexity index is 303. The Balaban J connectivity index is 4.38. The third kappa shape index (κ3) is 6.43. The maximum Gasteiger partial charge on any atom is 0.415 e. The minimum atomic E-state index is -0.501. The van der Waals surface area contributed by atoms with E-state index in [1.165, 1.54) is 6.26 Å². The fourth-order valence-electron chi connectivity index (χ4n) is 1.81. The zero-order valence-corrected chi connectivity index (χ0v) is 12.7. The van der Waals surface area contributed by atoms with Crippen LogP contribution in [0.5, 0.6) is 0 Å². The second-order valence-electron chi connectivity index (χ2n) is 5.26. The van der Waals surface area contributed by atoms with Gasteiger partial charge in [0.15, 0.2) is 0 Å². The van der Waals surface area contributed by atoms with Gasteiger partial charge in [-0.25, -0.2) is 4.79 Å². The number of carbonyl (C=O) groups excluding carboxylic acids is 1. The maximum atomic E-state index is 11.9. The predicted octanol–water partition coefficient (Wildman–Crippen LogP) is 3.33. The molecule has 0 saturated heterocycles. The molecule has 0 saturated carbocycles. The molecule has 4 heteroatoms. The molecule has 2 atom stereocenters. The lowest BCUT2D eigenvalue weighted by Crippen LogP contribution is -2.41. The van der Waals surface area contributed by atoms with E-state index in [9.17, 15) is 9.90 Å². The molecule has 0 spiro atoms. The Hall–Kier alpha value is -1.29. The summed E-state index contributed by atoms with van der Waals surface area (Å²) < 4.78 is 5.10. The number of carbonyl (C=O) groups is 1. The van der Waals surface area contributed by atoms with Crippen LogP contribution in [0.25, 0.3) is 0 Å². The Morgan fingerprint density at radius 1 is 1.26 bits per heavy atom. The molecule has 0 heterocycles. The highest BCUT2D eigenvalue weighted by Crippen LogP contribution is 2.11. The van der Waals surface area contributed by atoms with Crippen molar-refractivity contribution in [2.75, 3.05) is 0 Å². The second kappa shape index (κ2) is 8.75. The lowest BCUT2D eigenvalue weighted by Gasteiger charge is -2.29. The number of ether oxygens (including phenoxy) is 1. The number of hydrogen-bond acceptors (Lipinski definition) is 3. The van der Waals surface area contributed by atoms with Gasteiger partial charge in [-0.05, 0) is 40.2 Å². The number of nitrogens with zero attached hydrogens (tertiary/aromatic N) is 1. The number of aliphatic hydroxyl groups excluding tert-OH is 1. The SMILES string of the molecule is C=CC[C@@H](O)[C@@H](C)/C=C/OC(=O)N(C(C)C)C(C)C. The molecule has 0 aromatic carbocycles. The van der Waals surface area contributed by atoms with Crippen LogP contribution in [0.4, 0.5) is 4.79 Å². The van der Waals surface area contributed by atoms with E-state index in [4.69, 9.17) is 4.74 Å². The number of amides is 1. The quantitative estimate of drug-likeness (QED) is 0.569. The van der Waals surface area contributed by atoms with Gasteiger partial charge in [0.05, 0.1) is 12.4 Å². The summed E-state index contributed by atoms with van der Waals surface area (Å²) in [5, 5.41) is 9.70. The van der Waals surface area contributed by atoms with Crippen molar-refractivity contribution in [3.05, 3.63) is 25.0 Å². The Labute approximate surface area is 116 Å². The summed E-state index contributed by atoms with van der Waals surface area (Å²) in [5.41, 5.74) is 0. The molecule has 110 valence electrons. The highest BCUT2D eigenvalue weighted by atomic mass is 16.5. The van der Waals surface area contributed by atoms with Gasteiger partial charge in [-0.1, -0.05) is 13.0 Å². The van der Waals surface area contributed by atoms with Crippen molar-refractivity contribution >= 4 is 6.09 Å². The summed E-state index contributed by atoms with van der Waals surface area (Å²) in [6.45, 7) is 13.2. The van der Waals surface area contributed by atoms with Gasteiger partial charge < -0.3 is 14.7 Å². The largest absolute Gasteiger partial charge is 0.418 e. The zero-order chi connectivity index (χ0) is 15.0. The molecule has 0 unspecified atom stereocenters. The van der Waals surface area contributed by atoms with Gasteiger partial charge in [0.2, 0.25) is 0 Å². The van der Waals surface area contributed by atoms with Crippen molar-refractivity contribution in [1.82, 2.24) is 4.90 Å². The van der Waals surface area contributed by atoms with Crippen LogP contribution in [0.1, 0.15) is 41.0 Å². The van der Waals surface area contributed by atoms with Crippen molar-refractivity contribution in [3.63, 3.8) is 0 Å². The summed E-state index contributed by atoms with van der Waals surface area (Å²) >= 11 is 0. The molecule has 0 aliphatic rings. The van der Waals surface area contributed by atoms with Crippen molar-refractivity contribution in [3.8, 4) is 0 Å². The summed E-state index contributed by atoms with van der Waals surface area (Å²) in [6.07, 6.45) is 4.36. The Kier molecular flexibility index (Phi) is 8.16. The van der Waals surface area contributed by atoms with Gasteiger partial charge in [0.25, 0.3) is 0 Å². The summed E-state index contributed by atoms with van der Waals surface area (Å²) in [6, 6.07) is 0.175. The van der Waals surface area contributed by atoms with Gasteiger partial charge in [-0.15, -0.1) is 6.58 Å². The maximum absolute atomic E-state index is 11.9. The first-order valence-electron chi connectivity index (χ1n) is 6.75. The van der Waals surface area contributed by atoms with Crippen LogP contribution >= 0.6 is 0 Å². The van der Waals surface area contributed by atoms with E-state index in [1.54, 1.807) is 17.1 Å². The van der Waals surface area contributed by atoms with Crippen molar-refractivity contribution in [2.24, 2.45) is 5.92 Å². The van der Waals surface area contributed by atoms with Crippen molar-refractivity contribution < 1.29 is 14.6 Å². The van der Waals surface area contributed by atoms with Crippen LogP contribution < -0.4 is 0 Å². The van der Waals surface area contributed by atoms with E-state index in [0.29, 0.717) is 6.42 Å². The van der Waals surface area contributed by atoms with Crippen molar-refractivity contribution in [1.29, 1.82) is 0 Å². The molecule has 0 aromatic heterocycles. The van der Waals surface area contributed by atoms with Crippen LogP contribution in [-0.4, -0.2) is 34.3 Å². The molecule has 0 aliphatic heterocycles. The fourth-order valence-corrected chi connectivity index (χ4v) is 1.81. The predicted molar refractivity (Wildman–Crippen MR) is 77.7 cm³/mol. The third-order valence-corrected chi connectivity index (χ3v) is 2.89. The van der Waals surface area contributed by atoms with E-state index in [0.717, 1.165) is 0 Å². The minimum Gasteiger partial charge on any atom is -0.418 e. The lowest BCUT2D eigenvalue weighted by atomic mass is 10.0. The topological polar surface area (TPSA) is 49.8 Å². The normalized spacial score (nSPS) is 14.7. The molecule has 0 aliphatic carbocycles. The molecule has 0 rings (SSSR count). The molecule has 0 aromatic rings. The molecule has 0 bridgehead atoms. The standard InChI is InChI=1S/C15H27NO3/c1-7-8-14(17)13(6)9-10-19-15(18)16(11(2)3)12(4)5/h7,9-14,17H,1,8H2,2-6H3/b10-9+/t13-,14+/m0/s1. The summed E-state index contributed by atoms with van der Waals surface area (Å²) in [4.78, 5) is 13.5. The molecule has 4 nitrogen and oxygen atoms in total. The van der Waals surface area contributed by atoms with E-state index in [-0.39, 0.29) is 24.1 Å². The highest BCUT2D eigenvalue weighted by Gasteiger charge is 2.20. The Morgan fingerprint density at radius 2 is 1.79 bits per heavy atom. The monoisotopic (exact) mass is 269 g/mol. The zero-order valence-electron chi connectivity index (χ0n) is 12.7. The van der Waals surface area contributed by atoms with E-state index in [2.05, 4.69) is 6.58 Å². The van der Waals surface area contributed by atoms with Crippen LogP contribution in [0, 0.1) is 5.92 Å². The minimum absolute atomic E-state index is 0.0858. The molecular formula is C15H27NO3. The van der Waals surface area contributed by atoms with Crippen molar-refractivity contribution in [2.45, 2.75) is 59.2 Å². The first-order chi connectivity index (χ1) is 8.81. The molecule has 1 N–H and O–H groups in total. The Morgan fingerprint density at radius 3 is 2.21 bits per heavy atom. The van der Waals surface area contributed by atoms with Crippen LogP contribution in [0.3, 0.4) is 0 Å². The third-order valence-electron chi connectivity index (χ3n) is 2.89. The number of rotatable bonds is 7. The van der Waals surface area contributed by atoms with E-state index >= 15 is 0 Å². The average Bonchev–Trinajstić information content (AvgIpc) is 2.27. The summed E-state index contributed by atoms with van der Waals surface area (Å²) in [5.74, 6) is -0.0858. The molecule has 1 amide bonds. The average molecular weight is 269 g/mol. The van der Waals surface area contributed by atoms with Crippen LogP contribution in [0.2, 0.25) is 0 Å².